The molecular formula is C38H31F3N4O5S. The molecule has 0 aliphatic carbocycles. The maximum absolute atomic E-state index is 12.5. The quantitative estimate of drug-likeness (QED) is 0.177. The van der Waals surface area contributed by atoms with Crippen molar-refractivity contribution >= 4 is 32.9 Å². The minimum absolute atomic E-state index is 0.0699. The van der Waals surface area contributed by atoms with Gasteiger partial charge in [0.2, 0.25) is 15.9 Å². The van der Waals surface area contributed by atoms with E-state index in [1.807, 2.05) is 89.6 Å². The van der Waals surface area contributed by atoms with Gasteiger partial charge >= 0.3 is 12.1 Å². The first-order valence-electron chi connectivity index (χ1n) is 15.8. The number of benzene rings is 5. The number of para-hydroxylation sites is 1. The summed E-state index contributed by atoms with van der Waals surface area (Å²) in [6.45, 7) is 0. The van der Waals surface area contributed by atoms with Crippen molar-refractivity contribution in [3.63, 3.8) is 0 Å². The van der Waals surface area contributed by atoms with Gasteiger partial charge in [0.1, 0.15) is 10.8 Å². The number of carboxylic acids is 1. The van der Waals surface area contributed by atoms with Gasteiger partial charge in [0.05, 0.1) is 17.5 Å². The maximum atomic E-state index is 12.5. The Labute approximate surface area is 291 Å². The average molecular weight is 713 g/mol. The number of carboxylic acid groups (broad SMARTS) is 1. The first-order valence-corrected chi connectivity index (χ1v) is 17.3. The third-order valence-corrected chi connectivity index (χ3v) is 10.4. The van der Waals surface area contributed by atoms with E-state index in [0.717, 1.165) is 38.9 Å². The second-order valence-electron chi connectivity index (χ2n) is 12.1. The Bertz CT molecular complexity index is 2260. The number of nitrogens with zero attached hydrogens (tertiary/aromatic N) is 3. The topological polar surface area (TPSA) is 131 Å². The summed E-state index contributed by atoms with van der Waals surface area (Å²) in [4.78, 5) is 20.8. The molecule has 260 valence electrons. The standard InChI is InChI=1S/C36H30N4O3S.C2HF3O2/c41-35-23-34(44(42,43)38-35)30-21-17-27(18-22-30)25-36(31-11-5-2-6-12-31,40-33-14-8-7-13-32(33)37-39-40)24-26-15-19-29(20-16-26)28-9-3-1-4-10-28;3-2(4,5)1(6)7/h1-22,34H,23-25H2,(H,38,41);(H,6,7). The van der Waals surface area contributed by atoms with E-state index in [4.69, 9.17) is 15.1 Å². The Morgan fingerprint density at radius 2 is 1.27 bits per heavy atom. The minimum Gasteiger partial charge on any atom is -0.475 e. The van der Waals surface area contributed by atoms with Crippen molar-refractivity contribution in [2.45, 2.75) is 36.2 Å². The summed E-state index contributed by atoms with van der Waals surface area (Å²) in [5.41, 5.74) is 7.22. The van der Waals surface area contributed by atoms with Crippen LogP contribution in [0.5, 0.6) is 0 Å². The van der Waals surface area contributed by atoms with Crippen LogP contribution in [0.2, 0.25) is 0 Å². The monoisotopic (exact) mass is 712 g/mol. The summed E-state index contributed by atoms with van der Waals surface area (Å²) < 4.78 is 60.9. The molecule has 1 aliphatic heterocycles. The van der Waals surface area contributed by atoms with E-state index in [9.17, 15) is 26.4 Å². The highest BCUT2D eigenvalue weighted by Gasteiger charge is 2.40. The molecular weight excluding hydrogens is 682 g/mol. The molecule has 2 unspecified atom stereocenters. The Balaban J connectivity index is 0.000000582. The van der Waals surface area contributed by atoms with E-state index >= 15 is 0 Å². The second kappa shape index (κ2) is 14.2. The number of carbonyl (C=O) groups excluding carboxylic acids is 1. The second-order valence-corrected chi connectivity index (χ2v) is 14.0. The predicted octanol–water partition coefficient (Wildman–Crippen LogP) is 6.85. The molecule has 0 spiro atoms. The summed E-state index contributed by atoms with van der Waals surface area (Å²) in [7, 11) is -3.73. The Morgan fingerprint density at radius 3 is 1.82 bits per heavy atom. The van der Waals surface area contributed by atoms with Gasteiger partial charge in [-0.05, 0) is 45.5 Å². The fourth-order valence-electron chi connectivity index (χ4n) is 6.29. The highest BCUT2D eigenvalue weighted by Crippen LogP contribution is 2.38. The lowest BCUT2D eigenvalue weighted by atomic mass is 9.78. The number of fused-ring (bicyclic) bond motifs is 1. The van der Waals surface area contributed by atoms with E-state index in [1.54, 1.807) is 0 Å². The van der Waals surface area contributed by atoms with Crippen molar-refractivity contribution in [2.75, 3.05) is 0 Å². The minimum atomic E-state index is -5.08. The zero-order chi connectivity index (χ0) is 36.2. The summed E-state index contributed by atoms with van der Waals surface area (Å²) >= 11 is 0. The zero-order valence-electron chi connectivity index (χ0n) is 26.9. The van der Waals surface area contributed by atoms with Gasteiger partial charge in [-0.2, -0.15) is 13.2 Å². The van der Waals surface area contributed by atoms with E-state index < -0.39 is 38.9 Å². The molecule has 1 amide bonds. The van der Waals surface area contributed by atoms with Gasteiger partial charge in [-0.25, -0.2) is 17.9 Å². The van der Waals surface area contributed by atoms with Gasteiger partial charge in [0, 0.05) is 12.8 Å². The van der Waals surface area contributed by atoms with E-state index in [-0.39, 0.29) is 6.42 Å². The van der Waals surface area contributed by atoms with Crippen LogP contribution in [0.4, 0.5) is 13.2 Å². The van der Waals surface area contributed by atoms with Gasteiger partial charge in [-0.1, -0.05) is 127 Å². The molecule has 7 rings (SSSR count). The molecule has 51 heavy (non-hydrogen) atoms. The van der Waals surface area contributed by atoms with E-state index in [0.29, 0.717) is 18.4 Å². The Hall–Kier alpha value is -5.82. The fraction of sp³-hybridized carbons (Fsp3) is 0.158. The number of aromatic nitrogens is 3. The molecule has 0 saturated carbocycles. The molecule has 2 atom stereocenters. The van der Waals surface area contributed by atoms with Crippen LogP contribution in [-0.4, -0.2) is 46.6 Å². The maximum Gasteiger partial charge on any atom is 0.490 e. The van der Waals surface area contributed by atoms with Crippen LogP contribution in [0.3, 0.4) is 0 Å². The molecule has 0 bridgehead atoms. The number of nitrogens with one attached hydrogen (secondary N) is 1. The molecule has 2 N–H and O–H groups in total. The van der Waals surface area contributed by atoms with Crippen LogP contribution in [0.1, 0.15) is 33.9 Å². The number of hydrogen-bond acceptors (Lipinski definition) is 6. The van der Waals surface area contributed by atoms with Crippen LogP contribution < -0.4 is 4.72 Å². The van der Waals surface area contributed by atoms with Gasteiger partial charge in [-0.3, -0.25) is 9.52 Å². The van der Waals surface area contributed by atoms with Crippen molar-refractivity contribution in [3.05, 3.63) is 156 Å². The van der Waals surface area contributed by atoms with E-state index in [2.05, 4.69) is 58.4 Å². The van der Waals surface area contributed by atoms with Gasteiger partial charge in [0.15, 0.2) is 0 Å². The number of hydrogen-bond donors (Lipinski definition) is 2. The largest absolute Gasteiger partial charge is 0.490 e. The number of rotatable bonds is 8. The summed E-state index contributed by atoms with van der Waals surface area (Å²) in [5, 5.41) is 15.5. The van der Waals surface area contributed by atoms with Gasteiger partial charge in [-0.15, -0.1) is 5.10 Å². The summed E-state index contributed by atoms with van der Waals surface area (Å²) in [6.07, 6.45) is -3.95. The normalized spacial score (nSPS) is 16.5. The predicted molar refractivity (Wildman–Crippen MR) is 185 cm³/mol. The Morgan fingerprint density at radius 1 is 0.765 bits per heavy atom. The lowest BCUT2D eigenvalue weighted by Gasteiger charge is -2.36. The lowest BCUT2D eigenvalue weighted by molar-refractivity contribution is -0.192. The number of sulfonamides is 1. The number of aliphatic carboxylic acids is 1. The molecule has 1 aliphatic rings. The molecule has 9 nitrogen and oxygen atoms in total. The number of carbonyl (C=O) groups is 2. The van der Waals surface area contributed by atoms with Crippen molar-refractivity contribution in [2.24, 2.45) is 0 Å². The highest BCUT2D eigenvalue weighted by atomic mass is 32.2. The smallest absolute Gasteiger partial charge is 0.475 e. The summed E-state index contributed by atoms with van der Waals surface area (Å²) in [6, 6.07) is 44.9. The number of alkyl halides is 3. The molecule has 2 heterocycles. The average Bonchev–Trinajstić information content (AvgIpc) is 3.68. The highest BCUT2D eigenvalue weighted by molar-refractivity contribution is 7.90. The fourth-order valence-corrected chi connectivity index (χ4v) is 7.72. The molecule has 13 heteroatoms. The molecule has 0 radical (unpaired) electrons. The van der Waals surface area contributed by atoms with Crippen LogP contribution >= 0.6 is 0 Å². The van der Waals surface area contributed by atoms with Crippen LogP contribution in [0.25, 0.3) is 22.2 Å². The van der Waals surface area contributed by atoms with Crippen molar-refractivity contribution in [1.82, 2.24) is 19.7 Å². The van der Waals surface area contributed by atoms with Crippen molar-refractivity contribution in [3.8, 4) is 11.1 Å². The zero-order valence-corrected chi connectivity index (χ0v) is 27.7. The molecule has 1 fully saturated rings. The van der Waals surface area contributed by atoms with Crippen LogP contribution in [0, 0.1) is 0 Å². The molecule has 6 aromatic rings. The number of amides is 1. The third kappa shape index (κ3) is 7.68. The van der Waals surface area contributed by atoms with Gasteiger partial charge < -0.3 is 5.11 Å². The first-order chi connectivity index (χ1) is 24.4. The van der Waals surface area contributed by atoms with Crippen LogP contribution in [-0.2, 0) is 38.0 Å². The molecule has 1 aromatic heterocycles. The number of halogens is 3. The summed E-state index contributed by atoms with van der Waals surface area (Å²) in [5.74, 6) is -3.23. The van der Waals surface area contributed by atoms with Crippen molar-refractivity contribution < 1.29 is 36.3 Å². The molecule has 5 aromatic carbocycles. The SMILES string of the molecule is O=C(O)C(F)(F)F.O=C1CC(c2ccc(CC(Cc3ccc(-c4ccccc4)cc3)(c3ccccc3)n3nnc4ccccc43)cc2)S(=O)(=O)N1. The van der Waals surface area contributed by atoms with E-state index in [1.165, 1.54) is 0 Å². The van der Waals surface area contributed by atoms with Gasteiger partial charge in [0.25, 0.3) is 0 Å². The van der Waals surface area contributed by atoms with Crippen molar-refractivity contribution in [1.29, 1.82) is 0 Å². The lowest BCUT2D eigenvalue weighted by Crippen LogP contribution is -2.40. The molecule has 1 saturated heterocycles. The van der Waals surface area contributed by atoms with Crippen LogP contribution in [0.15, 0.2) is 133 Å². The Kier molecular flexibility index (Phi) is 9.75. The third-order valence-electron chi connectivity index (χ3n) is 8.72. The first kappa shape index (κ1) is 35.0.